The lowest BCUT2D eigenvalue weighted by atomic mass is 10.0. The van der Waals surface area contributed by atoms with Gasteiger partial charge in [-0.15, -0.1) is 0 Å². The second-order valence-electron chi connectivity index (χ2n) is 6.87. The first-order valence-corrected chi connectivity index (χ1v) is 8.71. The lowest BCUT2D eigenvalue weighted by Gasteiger charge is -2.38. The zero-order valence-corrected chi connectivity index (χ0v) is 14.0. The SMILES string of the molecule is NC(=O)c1cccc(CN2CCC(N3CCCC3C(N)=O)CC2)c1. The molecule has 24 heavy (non-hydrogen) atoms. The molecule has 1 aromatic rings. The Morgan fingerprint density at radius 3 is 2.50 bits per heavy atom. The van der Waals surface area contributed by atoms with Crippen molar-refractivity contribution < 1.29 is 9.59 Å². The van der Waals surface area contributed by atoms with Gasteiger partial charge in [0.1, 0.15) is 0 Å². The number of hydrogen-bond acceptors (Lipinski definition) is 4. The molecule has 0 aromatic heterocycles. The van der Waals surface area contributed by atoms with Crippen molar-refractivity contribution in [2.24, 2.45) is 11.5 Å². The van der Waals surface area contributed by atoms with Gasteiger partial charge in [0.25, 0.3) is 0 Å². The topological polar surface area (TPSA) is 92.7 Å². The summed E-state index contributed by atoms with van der Waals surface area (Å²) in [4.78, 5) is 27.6. The van der Waals surface area contributed by atoms with Crippen LogP contribution in [0, 0.1) is 0 Å². The summed E-state index contributed by atoms with van der Waals surface area (Å²) in [5.41, 5.74) is 12.6. The second kappa shape index (κ2) is 7.32. The number of piperidine rings is 1. The molecule has 2 amide bonds. The van der Waals surface area contributed by atoms with Crippen LogP contribution in [-0.2, 0) is 11.3 Å². The molecule has 1 atom stereocenters. The lowest BCUT2D eigenvalue weighted by molar-refractivity contribution is -0.123. The minimum absolute atomic E-state index is 0.0752. The molecule has 2 fully saturated rings. The van der Waals surface area contributed by atoms with E-state index in [1.807, 2.05) is 18.2 Å². The first kappa shape index (κ1) is 16.9. The number of nitrogens with zero attached hydrogens (tertiary/aromatic N) is 2. The fraction of sp³-hybridized carbons (Fsp3) is 0.556. The molecule has 2 aliphatic rings. The Bertz CT molecular complexity index is 611. The number of likely N-dealkylation sites (tertiary alicyclic amines) is 2. The molecule has 2 aliphatic heterocycles. The molecule has 0 saturated carbocycles. The van der Waals surface area contributed by atoms with Crippen LogP contribution in [0.3, 0.4) is 0 Å². The third-order valence-corrected chi connectivity index (χ3v) is 5.27. The Labute approximate surface area is 142 Å². The molecule has 0 radical (unpaired) electrons. The Morgan fingerprint density at radius 1 is 1.08 bits per heavy atom. The van der Waals surface area contributed by atoms with E-state index in [0.29, 0.717) is 11.6 Å². The van der Waals surface area contributed by atoms with Gasteiger partial charge in [0.05, 0.1) is 6.04 Å². The number of hydrogen-bond donors (Lipinski definition) is 2. The zero-order chi connectivity index (χ0) is 17.1. The molecule has 0 spiro atoms. The molecule has 4 N–H and O–H groups in total. The van der Waals surface area contributed by atoms with Crippen LogP contribution >= 0.6 is 0 Å². The molecule has 2 saturated heterocycles. The minimum atomic E-state index is -0.387. The van der Waals surface area contributed by atoms with Crippen LogP contribution in [0.2, 0.25) is 0 Å². The normalized spacial score (nSPS) is 23.4. The monoisotopic (exact) mass is 330 g/mol. The van der Waals surface area contributed by atoms with Crippen molar-refractivity contribution in [1.29, 1.82) is 0 Å². The molecule has 0 aliphatic carbocycles. The predicted octanol–water partition coefficient (Wildman–Crippen LogP) is 0.700. The fourth-order valence-electron chi connectivity index (χ4n) is 4.02. The molecule has 3 rings (SSSR count). The van der Waals surface area contributed by atoms with E-state index in [-0.39, 0.29) is 17.9 Å². The van der Waals surface area contributed by atoms with Crippen LogP contribution in [0.15, 0.2) is 24.3 Å². The third kappa shape index (κ3) is 3.76. The summed E-state index contributed by atoms with van der Waals surface area (Å²) in [5.74, 6) is -0.569. The maximum Gasteiger partial charge on any atom is 0.248 e. The maximum atomic E-state index is 11.6. The van der Waals surface area contributed by atoms with E-state index < -0.39 is 0 Å². The zero-order valence-electron chi connectivity index (χ0n) is 14.0. The summed E-state index contributed by atoms with van der Waals surface area (Å²) in [5, 5.41) is 0. The van der Waals surface area contributed by atoms with Crippen molar-refractivity contribution >= 4 is 11.8 Å². The van der Waals surface area contributed by atoms with Crippen LogP contribution in [0.4, 0.5) is 0 Å². The maximum absolute atomic E-state index is 11.6. The largest absolute Gasteiger partial charge is 0.368 e. The molecular formula is C18H26N4O2. The highest BCUT2D eigenvalue weighted by Crippen LogP contribution is 2.26. The van der Waals surface area contributed by atoms with Gasteiger partial charge in [-0.25, -0.2) is 0 Å². The second-order valence-corrected chi connectivity index (χ2v) is 6.87. The van der Waals surface area contributed by atoms with E-state index in [2.05, 4.69) is 9.80 Å². The first-order valence-electron chi connectivity index (χ1n) is 8.71. The van der Waals surface area contributed by atoms with Gasteiger partial charge in [0, 0.05) is 18.2 Å². The summed E-state index contributed by atoms with van der Waals surface area (Å²) in [6, 6.07) is 7.91. The van der Waals surface area contributed by atoms with Crippen molar-refractivity contribution in [3.63, 3.8) is 0 Å². The molecular weight excluding hydrogens is 304 g/mol. The average molecular weight is 330 g/mol. The van der Waals surface area contributed by atoms with Crippen molar-refractivity contribution in [3.05, 3.63) is 35.4 Å². The highest BCUT2D eigenvalue weighted by atomic mass is 16.1. The van der Waals surface area contributed by atoms with E-state index in [1.165, 1.54) is 0 Å². The van der Waals surface area contributed by atoms with Crippen molar-refractivity contribution in [2.45, 2.75) is 44.3 Å². The van der Waals surface area contributed by atoms with Crippen LogP contribution in [0.25, 0.3) is 0 Å². The van der Waals surface area contributed by atoms with E-state index in [4.69, 9.17) is 11.5 Å². The highest BCUT2D eigenvalue weighted by molar-refractivity contribution is 5.92. The summed E-state index contributed by atoms with van der Waals surface area (Å²) in [6.45, 7) is 3.80. The quantitative estimate of drug-likeness (QED) is 0.831. The molecule has 6 nitrogen and oxygen atoms in total. The number of rotatable bonds is 5. The number of carbonyl (C=O) groups excluding carboxylic acids is 2. The Hall–Kier alpha value is -1.92. The third-order valence-electron chi connectivity index (χ3n) is 5.27. The smallest absolute Gasteiger partial charge is 0.248 e. The Balaban J connectivity index is 1.55. The Morgan fingerprint density at radius 2 is 1.83 bits per heavy atom. The summed E-state index contributed by atoms with van der Waals surface area (Å²) in [6.07, 6.45) is 4.07. The molecule has 1 aromatic carbocycles. The molecule has 130 valence electrons. The van der Waals surface area contributed by atoms with Gasteiger partial charge in [-0.1, -0.05) is 12.1 Å². The van der Waals surface area contributed by atoms with Crippen LogP contribution in [-0.4, -0.2) is 53.3 Å². The highest BCUT2D eigenvalue weighted by Gasteiger charge is 2.35. The van der Waals surface area contributed by atoms with Gasteiger partial charge >= 0.3 is 0 Å². The van der Waals surface area contributed by atoms with Gasteiger partial charge in [0.2, 0.25) is 11.8 Å². The van der Waals surface area contributed by atoms with Gasteiger partial charge in [0.15, 0.2) is 0 Å². The number of benzene rings is 1. The summed E-state index contributed by atoms with van der Waals surface area (Å²) in [7, 11) is 0. The number of primary amides is 2. The summed E-state index contributed by atoms with van der Waals surface area (Å²) >= 11 is 0. The van der Waals surface area contributed by atoms with Crippen LogP contribution in [0.1, 0.15) is 41.6 Å². The number of amides is 2. The van der Waals surface area contributed by atoms with Crippen LogP contribution in [0.5, 0.6) is 0 Å². The van der Waals surface area contributed by atoms with E-state index in [1.54, 1.807) is 6.07 Å². The molecule has 6 heteroatoms. The Kier molecular flexibility index (Phi) is 5.16. The molecule has 0 bridgehead atoms. The standard InChI is InChI=1S/C18H26N4O2/c19-17(23)14-4-1-3-13(11-14)12-21-9-6-15(7-10-21)22-8-2-5-16(22)18(20)24/h1,3-4,11,15-16H,2,5-10,12H2,(H2,19,23)(H2,20,24). The van der Waals surface area contributed by atoms with Gasteiger partial charge in [-0.05, 0) is 63.0 Å². The predicted molar refractivity (Wildman–Crippen MR) is 92.2 cm³/mol. The van der Waals surface area contributed by atoms with Gasteiger partial charge in [-0.3, -0.25) is 19.4 Å². The average Bonchev–Trinajstić information content (AvgIpc) is 3.06. The number of carbonyl (C=O) groups is 2. The molecule has 2 heterocycles. The minimum Gasteiger partial charge on any atom is -0.368 e. The van der Waals surface area contributed by atoms with Crippen molar-refractivity contribution in [2.75, 3.05) is 19.6 Å². The summed E-state index contributed by atoms with van der Waals surface area (Å²) < 4.78 is 0. The molecule has 1 unspecified atom stereocenters. The van der Waals surface area contributed by atoms with Gasteiger partial charge in [-0.2, -0.15) is 0 Å². The first-order chi connectivity index (χ1) is 11.5. The number of nitrogens with two attached hydrogens (primary N) is 2. The van der Waals surface area contributed by atoms with E-state index in [9.17, 15) is 9.59 Å². The van der Waals surface area contributed by atoms with Crippen molar-refractivity contribution in [1.82, 2.24) is 9.80 Å². The van der Waals surface area contributed by atoms with Crippen LogP contribution < -0.4 is 11.5 Å². The van der Waals surface area contributed by atoms with Crippen molar-refractivity contribution in [3.8, 4) is 0 Å². The van der Waals surface area contributed by atoms with E-state index in [0.717, 1.165) is 57.4 Å². The van der Waals surface area contributed by atoms with E-state index >= 15 is 0 Å². The lowest BCUT2D eigenvalue weighted by Crippen LogP contribution is -2.50. The fourth-order valence-corrected chi connectivity index (χ4v) is 4.02. The van der Waals surface area contributed by atoms with Gasteiger partial charge < -0.3 is 11.5 Å².